The van der Waals surface area contributed by atoms with Crippen molar-refractivity contribution in [2.24, 2.45) is 0 Å². The number of aliphatic hydroxyl groups excluding tert-OH is 1. The highest BCUT2D eigenvalue weighted by molar-refractivity contribution is 5.72. The highest BCUT2D eigenvalue weighted by Crippen LogP contribution is 2.28. The van der Waals surface area contributed by atoms with E-state index < -0.39 is 6.17 Å². The van der Waals surface area contributed by atoms with Gasteiger partial charge in [-0.3, -0.25) is 4.98 Å². The lowest BCUT2D eigenvalue weighted by molar-refractivity contribution is 0.126. The van der Waals surface area contributed by atoms with Crippen LogP contribution in [0.25, 0.3) is 11.3 Å². The van der Waals surface area contributed by atoms with E-state index in [0.29, 0.717) is 11.8 Å². The number of nitrogens with zero attached hydrogens (tertiary/aromatic N) is 3. The molecule has 6 nitrogen and oxygen atoms in total. The van der Waals surface area contributed by atoms with E-state index in [1.165, 1.54) is 6.92 Å². The molecule has 1 aliphatic carbocycles. The number of anilines is 2. The van der Waals surface area contributed by atoms with Crippen LogP contribution in [0.1, 0.15) is 32.6 Å². The molecule has 0 aromatic carbocycles. The predicted molar refractivity (Wildman–Crippen MR) is 96.2 cm³/mol. The summed E-state index contributed by atoms with van der Waals surface area (Å²) in [4.78, 5) is 13.2. The first kappa shape index (κ1) is 17.5. The standard InChI is InChI=1S/C18H24FN5O/c1-12(19)10-21-18-22-11-15(16-4-2-3-9-20-16)17(24-18)23-13-5-7-14(25)8-6-13/h2-4,9,11-14,25H,5-8,10H2,1H3,(H2,21,22,23,24)/t12-,13-,14-/m0/s1. The number of halogens is 1. The molecule has 25 heavy (non-hydrogen) atoms. The van der Waals surface area contributed by atoms with Crippen LogP contribution in [0.5, 0.6) is 0 Å². The predicted octanol–water partition coefficient (Wildman–Crippen LogP) is 3.02. The SMILES string of the molecule is C[C@H](F)CNc1ncc(-c2ccccn2)c(N[C@H]2CC[C@H](O)CC2)n1. The Morgan fingerprint density at radius 1 is 1.24 bits per heavy atom. The molecular weight excluding hydrogens is 321 g/mol. The van der Waals surface area contributed by atoms with Crippen molar-refractivity contribution in [1.82, 2.24) is 15.0 Å². The average Bonchev–Trinajstić information content (AvgIpc) is 2.63. The van der Waals surface area contributed by atoms with Gasteiger partial charge >= 0.3 is 0 Å². The molecule has 1 fully saturated rings. The third-order valence-electron chi connectivity index (χ3n) is 4.31. The minimum Gasteiger partial charge on any atom is -0.393 e. The Balaban J connectivity index is 1.83. The number of nitrogens with one attached hydrogen (secondary N) is 2. The molecule has 3 N–H and O–H groups in total. The van der Waals surface area contributed by atoms with Gasteiger partial charge in [0, 0.05) is 25.0 Å². The second-order valence-electron chi connectivity index (χ2n) is 6.48. The van der Waals surface area contributed by atoms with Gasteiger partial charge in [0.2, 0.25) is 5.95 Å². The second-order valence-corrected chi connectivity index (χ2v) is 6.48. The van der Waals surface area contributed by atoms with Crippen LogP contribution in [0.15, 0.2) is 30.6 Å². The first-order valence-corrected chi connectivity index (χ1v) is 8.73. The van der Waals surface area contributed by atoms with E-state index in [9.17, 15) is 9.50 Å². The largest absolute Gasteiger partial charge is 0.393 e. The van der Waals surface area contributed by atoms with Crippen molar-refractivity contribution in [2.75, 3.05) is 17.2 Å². The molecule has 1 saturated carbocycles. The summed E-state index contributed by atoms with van der Waals surface area (Å²) in [6.07, 6.45) is 5.59. The molecule has 2 aromatic rings. The van der Waals surface area contributed by atoms with Crippen LogP contribution in [-0.2, 0) is 0 Å². The molecular formula is C18H24FN5O. The van der Waals surface area contributed by atoms with Gasteiger partial charge in [-0.2, -0.15) is 4.98 Å². The van der Waals surface area contributed by atoms with Crippen molar-refractivity contribution in [3.8, 4) is 11.3 Å². The highest BCUT2D eigenvalue weighted by atomic mass is 19.1. The van der Waals surface area contributed by atoms with Gasteiger partial charge in [-0.15, -0.1) is 0 Å². The van der Waals surface area contributed by atoms with Crippen molar-refractivity contribution >= 4 is 11.8 Å². The van der Waals surface area contributed by atoms with Crippen LogP contribution < -0.4 is 10.6 Å². The molecule has 2 aromatic heterocycles. The summed E-state index contributed by atoms with van der Waals surface area (Å²) >= 11 is 0. The summed E-state index contributed by atoms with van der Waals surface area (Å²) in [7, 11) is 0. The number of pyridine rings is 1. The Labute approximate surface area is 146 Å². The van der Waals surface area contributed by atoms with Crippen molar-refractivity contribution in [1.29, 1.82) is 0 Å². The zero-order valence-electron chi connectivity index (χ0n) is 14.3. The van der Waals surface area contributed by atoms with E-state index in [-0.39, 0.29) is 18.7 Å². The topological polar surface area (TPSA) is 83.0 Å². The van der Waals surface area contributed by atoms with Gasteiger partial charge in [0.25, 0.3) is 0 Å². The number of alkyl halides is 1. The van der Waals surface area contributed by atoms with Crippen molar-refractivity contribution in [3.63, 3.8) is 0 Å². The lowest BCUT2D eigenvalue weighted by Gasteiger charge is -2.27. The number of aromatic nitrogens is 3. The molecule has 0 radical (unpaired) electrons. The second kappa shape index (κ2) is 8.20. The quantitative estimate of drug-likeness (QED) is 0.746. The fourth-order valence-corrected chi connectivity index (χ4v) is 2.93. The summed E-state index contributed by atoms with van der Waals surface area (Å²) in [6.45, 7) is 1.65. The zero-order valence-corrected chi connectivity index (χ0v) is 14.3. The molecule has 0 amide bonds. The molecule has 1 aliphatic rings. The minimum atomic E-state index is -0.977. The van der Waals surface area contributed by atoms with Gasteiger partial charge < -0.3 is 15.7 Å². The summed E-state index contributed by atoms with van der Waals surface area (Å²) < 4.78 is 13.1. The van der Waals surface area contributed by atoms with Crippen LogP contribution in [0.4, 0.5) is 16.2 Å². The van der Waals surface area contributed by atoms with Gasteiger partial charge in [0.05, 0.1) is 17.4 Å². The molecule has 0 spiro atoms. The van der Waals surface area contributed by atoms with Gasteiger partial charge in [-0.05, 0) is 44.7 Å². The Morgan fingerprint density at radius 3 is 2.72 bits per heavy atom. The fraction of sp³-hybridized carbons (Fsp3) is 0.500. The number of rotatable bonds is 6. The molecule has 0 saturated heterocycles. The first-order valence-electron chi connectivity index (χ1n) is 8.73. The zero-order chi connectivity index (χ0) is 17.6. The maximum Gasteiger partial charge on any atom is 0.224 e. The molecule has 2 heterocycles. The normalized spacial score (nSPS) is 21.6. The summed E-state index contributed by atoms with van der Waals surface area (Å²) in [6, 6.07) is 5.93. The first-order chi connectivity index (χ1) is 12.1. The van der Waals surface area contributed by atoms with E-state index in [1.807, 2.05) is 18.2 Å². The van der Waals surface area contributed by atoms with Crippen molar-refractivity contribution < 1.29 is 9.50 Å². The Morgan fingerprint density at radius 2 is 2.04 bits per heavy atom. The smallest absolute Gasteiger partial charge is 0.224 e. The van der Waals surface area contributed by atoms with Crippen molar-refractivity contribution in [2.45, 2.75) is 50.9 Å². The molecule has 0 unspecified atom stereocenters. The summed E-state index contributed by atoms with van der Waals surface area (Å²) in [5, 5.41) is 16.1. The Bertz CT molecular complexity index is 674. The third-order valence-corrected chi connectivity index (χ3v) is 4.31. The van der Waals surface area contributed by atoms with Gasteiger partial charge in [0.15, 0.2) is 0 Å². The van der Waals surface area contributed by atoms with E-state index in [1.54, 1.807) is 12.4 Å². The fourth-order valence-electron chi connectivity index (χ4n) is 2.93. The number of hydrogen-bond acceptors (Lipinski definition) is 6. The highest BCUT2D eigenvalue weighted by Gasteiger charge is 2.21. The number of hydrogen-bond donors (Lipinski definition) is 3. The van der Waals surface area contributed by atoms with Gasteiger partial charge in [-0.25, -0.2) is 9.37 Å². The third kappa shape index (κ3) is 4.85. The van der Waals surface area contributed by atoms with Crippen LogP contribution >= 0.6 is 0 Å². The maximum atomic E-state index is 13.1. The van der Waals surface area contributed by atoms with Crippen LogP contribution in [0, 0.1) is 0 Å². The molecule has 0 aliphatic heterocycles. The monoisotopic (exact) mass is 345 g/mol. The Hall–Kier alpha value is -2.28. The van der Waals surface area contributed by atoms with Crippen molar-refractivity contribution in [3.05, 3.63) is 30.6 Å². The van der Waals surface area contributed by atoms with Crippen LogP contribution in [0.3, 0.4) is 0 Å². The van der Waals surface area contributed by atoms with E-state index in [4.69, 9.17) is 0 Å². The lowest BCUT2D eigenvalue weighted by atomic mass is 9.93. The molecule has 7 heteroatoms. The van der Waals surface area contributed by atoms with Gasteiger partial charge in [-0.1, -0.05) is 6.07 Å². The van der Waals surface area contributed by atoms with E-state index in [0.717, 1.165) is 36.9 Å². The molecule has 1 atom stereocenters. The van der Waals surface area contributed by atoms with E-state index >= 15 is 0 Å². The summed E-state index contributed by atoms with van der Waals surface area (Å²) in [5.41, 5.74) is 1.59. The van der Waals surface area contributed by atoms with Gasteiger partial charge in [0.1, 0.15) is 12.0 Å². The number of aliphatic hydroxyl groups is 1. The van der Waals surface area contributed by atoms with Crippen LogP contribution in [0.2, 0.25) is 0 Å². The Kier molecular flexibility index (Phi) is 5.75. The van der Waals surface area contributed by atoms with Crippen LogP contribution in [-0.4, -0.2) is 44.9 Å². The minimum absolute atomic E-state index is 0.165. The maximum absolute atomic E-state index is 13.1. The molecule has 134 valence electrons. The average molecular weight is 345 g/mol. The molecule has 3 rings (SSSR count). The summed E-state index contributed by atoms with van der Waals surface area (Å²) in [5.74, 6) is 1.08. The molecule has 0 bridgehead atoms. The lowest BCUT2D eigenvalue weighted by Crippen LogP contribution is -2.29. The van der Waals surface area contributed by atoms with E-state index in [2.05, 4.69) is 25.6 Å².